The van der Waals surface area contributed by atoms with Gasteiger partial charge in [0.1, 0.15) is 24.8 Å². The average Bonchev–Trinajstić information content (AvgIpc) is 3.42. The largest absolute Gasteiger partial charge is 0.467 e. The number of carbonyl (C=O) groups is 3. The van der Waals surface area contributed by atoms with Crippen molar-refractivity contribution in [1.29, 1.82) is 0 Å². The van der Waals surface area contributed by atoms with Gasteiger partial charge in [0.15, 0.2) is 5.82 Å². The van der Waals surface area contributed by atoms with Crippen LogP contribution in [0.2, 0.25) is 0 Å². The molecule has 4 rings (SSSR count). The molecule has 3 aromatic rings. The Morgan fingerprint density at radius 2 is 2.06 bits per heavy atom. The van der Waals surface area contributed by atoms with E-state index in [2.05, 4.69) is 25.7 Å². The Balaban J connectivity index is 1.53. The van der Waals surface area contributed by atoms with Gasteiger partial charge < -0.3 is 24.5 Å². The highest BCUT2D eigenvalue weighted by Gasteiger charge is 2.35. The zero-order valence-corrected chi connectivity index (χ0v) is 18.2. The second-order valence-corrected chi connectivity index (χ2v) is 7.28. The lowest BCUT2D eigenvalue weighted by Crippen LogP contribution is -2.47. The maximum absolute atomic E-state index is 12.6. The van der Waals surface area contributed by atoms with Gasteiger partial charge in [-0.1, -0.05) is 0 Å². The molecule has 0 saturated heterocycles. The van der Waals surface area contributed by atoms with Crippen LogP contribution in [0.15, 0.2) is 40.1 Å². The van der Waals surface area contributed by atoms with Gasteiger partial charge in [-0.05, 0) is 39.0 Å². The topological polar surface area (TPSA) is 150 Å². The summed E-state index contributed by atoms with van der Waals surface area (Å²) in [5.74, 6) is -0.350. The maximum atomic E-state index is 12.6. The quantitative estimate of drug-likeness (QED) is 0.503. The molecule has 172 valence electrons. The van der Waals surface area contributed by atoms with Crippen LogP contribution in [0.5, 0.6) is 0 Å². The Labute approximate surface area is 188 Å². The smallest absolute Gasteiger partial charge is 0.338 e. The molecule has 0 spiro atoms. The molecule has 3 aromatic heterocycles. The van der Waals surface area contributed by atoms with Crippen molar-refractivity contribution in [3.8, 4) is 0 Å². The molecular weight excluding hydrogens is 432 g/mol. The van der Waals surface area contributed by atoms with Gasteiger partial charge in [0.05, 0.1) is 24.1 Å². The van der Waals surface area contributed by atoms with Crippen LogP contribution >= 0.6 is 0 Å². The number of esters is 2. The van der Waals surface area contributed by atoms with E-state index in [4.69, 9.17) is 13.9 Å². The van der Waals surface area contributed by atoms with Crippen LogP contribution in [0.4, 0.5) is 4.79 Å². The molecule has 12 nitrogen and oxygen atoms in total. The molecule has 1 aliphatic heterocycles. The van der Waals surface area contributed by atoms with Gasteiger partial charge in [-0.25, -0.2) is 19.1 Å². The lowest BCUT2D eigenvalue weighted by molar-refractivity contribution is -0.143. The number of nitrogens with one attached hydrogen (secondary N) is 2. The average molecular weight is 454 g/mol. The van der Waals surface area contributed by atoms with Crippen LogP contribution in [-0.2, 0) is 25.5 Å². The van der Waals surface area contributed by atoms with Gasteiger partial charge in [0.25, 0.3) is 5.78 Å². The van der Waals surface area contributed by atoms with Crippen molar-refractivity contribution in [3.63, 3.8) is 0 Å². The number of amides is 2. The predicted octanol–water partition coefficient (Wildman–Crippen LogP) is 1.29. The zero-order valence-electron chi connectivity index (χ0n) is 18.2. The van der Waals surface area contributed by atoms with E-state index < -0.39 is 24.0 Å². The van der Waals surface area contributed by atoms with Crippen LogP contribution in [-0.4, -0.2) is 50.8 Å². The highest BCUT2D eigenvalue weighted by atomic mass is 16.5. The van der Waals surface area contributed by atoms with Gasteiger partial charge in [-0.3, -0.25) is 4.79 Å². The number of aromatic nitrogens is 4. The Morgan fingerprint density at radius 1 is 1.24 bits per heavy atom. The van der Waals surface area contributed by atoms with Crippen molar-refractivity contribution in [1.82, 2.24) is 30.2 Å². The third kappa shape index (κ3) is 4.68. The number of urea groups is 1. The number of hydrogen-bond donors (Lipinski definition) is 2. The van der Waals surface area contributed by atoms with E-state index in [0.717, 1.165) is 11.4 Å². The number of furan rings is 1. The zero-order chi connectivity index (χ0) is 23.5. The number of rotatable bonds is 7. The summed E-state index contributed by atoms with van der Waals surface area (Å²) in [6.07, 6.45) is 1.21. The molecule has 0 radical (unpaired) electrons. The van der Waals surface area contributed by atoms with Crippen molar-refractivity contribution in [2.45, 2.75) is 33.2 Å². The normalized spacial score (nSPS) is 15.8. The Morgan fingerprint density at radius 3 is 2.79 bits per heavy atom. The van der Waals surface area contributed by atoms with Crippen LogP contribution < -0.4 is 10.6 Å². The number of aryl methyl sites for hydroxylation is 2. The maximum Gasteiger partial charge on any atom is 0.338 e. The van der Waals surface area contributed by atoms with Gasteiger partial charge in [0.2, 0.25) is 0 Å². The molecule has 2 N–H and O–H groups in total. The molecule has 33 heavy (non-hydrogen) atoms. The van der Waals surface area contributed by atoms with Crippen LogP contribution in [0.1, 0.15) is 35.9 Å². The first kappa shape index (κ1) is 22.0. The first-order valence-corrected chi connectivity index (χ1v) is 10.2. The van der Waals surface area contributed by atoms with Gasteiger partial charge >= 0.3 is 18.0 Å². The van der Waals surface area contributed by atoms with Crippen molar-refractivity contribution in [2.24, 2.45) is 0 Å². The molecule has 0 aromatic carbocycles. The fraction of sp³-hybridized carbons (Fsp3) is 0.333. The summed E-state index contributed by atoms with van der Waals surface area (Å²) < 4.78 is 17.4. The fourth-order valence-electron chi connectivity index (χ4n) is 3.47. The Hall–Kier alpha value is -4.22. The first-order chi connectivity index (χ1) is 15.9. The molecule has 0 saturated carbocycles. The predicted molar refractivity (Wildman–Crippen MR) is 112 cm³/mol. The molecule has 0 unspecified atom stereocenters. The second-order valence-electron chi connectivity index (χ2n) is 7.28. The summed E-state index contributed by atoms with van der Waals surface area (Å²) in [5.41, 5.74) is 1.80. The van der Waals surface area contributed by atoms with Crippen LogP contribution in [0.3, 0.4) is 0 Å². The summed E-state index contributed by atoms with van der Waals surface area (Å²) in [5, 5.41) is 9.41. The molecule has 2 amide bonds. The van der Waals surface area contributed by atoms with E-state index >= 15 is 0 Å². The van der Waals surface area contributed by atoms with E-state index in [1.807, 2.05) is 19.9 Å². The van der Waals surface area contributed by atoms with Crippen molar-refractivity contribution in [2.75, 3.05) is 13.2 Å². The number of hydrogen-bond acceptors (Lipinski definition) is 9. The molecule has 0 bridgehead atoms. The van der Waals surface area contributed by atoms with E-state index in [9.17, 15) is 14.4 Å². The monoisotopic (exact) mass is 454 g/mol. The highest BCUT2D eigenvalue weighted by molar-refractivity contribution is 5.95. The van der Waals surface area contributed by atoms with Crippen molar-refractivity contribution >= 4 is 23.7 Å². The van der Waals surface area contributed by atoms with Crippen molar-refractivity contribution in [3.05, 3.63) is 58.7 Å². The molecule has 1 aliphatic rings. The van der Waals surface area contributed by atoms with E-state index in [-0.39, 0.29) is 36.7 Å². The lowest BCUT2D eigenvalue weighted by atomic mass is 10.0. The molecular formula is C21H22N6O6. The fourth-order valence-corrected chi connectivity index (χ4v) is 3.47. The number of carbonyl (C=O) groups excluding carboxylic acids is 3. The number of fused-ring (bicyclic) bond motifs is 1. The Kier molecular flexibility index (Phi) is 6.07. The summed E-state index contributed by atoms with van der Waals surface area (Å²) in [7, 11) is 0. The minimum atomic E-state index is -0.890. The third-order valence-electron chi connectivity index (χ3n) is 4.82. The van der Waals surface area contributed by atoms with E-state index in [1.165, 1.54) is 10.8 Å². The van der Waals surface area contributed by atoms with Gasteiger partial charge in [-0.15, -0.1) is 5.10 Å². The highest BCUT2D eigenvalue weighted by Crippen LogP contribution is 2.28. The first-order valence-electron chi connectivity index (χ1n) is 10.2. The van der Waals surface area contributed by atoms with E-state index in [0.29, 0.717) is 11.5 Å². The summed E-state index contributed by atoms with van der Waals surface area (Å²) in [6, 6.07) is 3.63. The summed E-state index contributed by atoms with van der Waals surface area (Å²) >= 11 is 0. The third-order valence-corrected chi connectivity index (χ3v) is 4.82. The summed E-state index contributed by atoms with van der Waals surface area (Å²) in [4.78, 5) is 45.8. The van der Waals surface area contributed by atoms with Crippen molar-refractivity contribution < 1.29 is 28.3 Å². The molecule has 0 fully saturated rings. The molecule has 0 aliphatic carbocycles. The number of ether oxygens (including phenoxy) is 2. The molecule has 12 heteroatoms. The standard InChI is InChI=1S/C21H22N6O6/c1-4-31-19(29)17-13(23-21(30)25-18(17)14-6-5-7-32-14)10-33-16(28)9-15-24-20-22-11(2)8-12(3)27(20)26-15/h5-8,18H,4,9-10H2,1-3H3,(H2,23,25,30)/t18-/m1/s1. The Bertz CT molecular complexity index is 1250. The van der Waals surface area contributed by atoms with Gasteiger partial charge in [-0.2, -0.15) is 4.98 Å². The summed E-state index contributed by atoms with van der Waals surface area (Å²) in [6.45, 7) is 5.13. The minimum Gasteiger partial charge on any atom is -0.467 e. The molecule has 4 heterocycles. The SMILES string of the molecule is CCOC(=O)C1=C(COC(=O)Cc2nc3nc(C)cc(C)n3n2)NC(=O)N[C@@H]1c1ccco1. The van der Waals surface area contributed by atoms with Crippen LogP contribution in [0, 0.1) is 13.8 Å². The van der Waals surface area contributed by atoms with Crippen LogP contribution in [0.25, 0.3) is 5.78 Å². The number of nitrogens with zero attached hydrogens (tertiary/aromatic N) is 4. The lowest BCUT2D eigenvalue weighted by Gasteiger charge is -2.27. The minimum absolute atomic E-state index is 0.0837. The van der Waals surface area contributed by atoms with Gasteiger partial charge in [0, 0.05) is 11.4 Å². The molecule has 1 atom stereocenters. The van der Waals surface area contributed by atoms with E-state index in [1.54, 1.807) is 19.1 Å². The second kappa shape index (κ2) is 9.10.